The number of ether oxygens (including phenoxy) is 1. The van der Waals surface area contributed by atoms with Crippen molar-refractivity contribution >= 4 is 17.4 Å². The van der Waals surface area contributed by atoms with Crippen LogP contribution in [0.5, 0.6) is 5.75 Å². The highest BCUT2D eigenvalue weighted by Gasteiger charge is 2.15. The lowest BCUT2D eigenvalue weighted by Crippen LogP contribution is -2.30. The van der Waals surface area contributed by atoms with Crippen LogP contribution in [0, 0.1) is 0 Å². The highest BCUT2D eigenvalue weighted by molar-refractivity contribution is 5.96. The number of carbonyl (C=O) groups is 2. The van der Waals surface area contributed by atoms with Crippen molar-refractivity contribution in [1.29, 1.82) is 0 Å². The number of hydrogen-bond acceptors (Lipinski definition) is 6. The molecule has 1 heterocycles. The van der Waals surface area contributed by atoms with Gasteiger partial charge in [-0.1, -0.05) is 0 Å². The van der Waals surface area contributed by atoms with Gasteiger partial charge in [0, 0.05) is 16.8 Å². The van der Waals surface area contributed by atoms with Crippen LogP contribution in [0.4, 0.5) is 5.69 Å². The lowest BCUT2D eigenvalue weighted by molar-refractivity contribution is -0.122. The Morgan fingerprint density at radius 1 is 1.08 bits per heavy atom. The maximum absolute atomic E-state index is 12.3. The fourth-order valence-electron chi connectivity index (χ4n) is 2.26. The number of aromatic nitrogens is 2. The van der Waals surface area contributed by atoms with E-state index in [1.54, 1.807) is 55.5 Å². The van der Waals surface area contributed by atoms with Gasteiger partial charge in [-0.05, 0) is 62.4 Å². The van der Waals surface area contributed by atoms with E-state index in [0.29, 0.717) is 22.9 Å². The first kappa shape index (κ1) is 17.3. The summed E-state index contributed by atoms with van der Waals surface area (Å²) in [5.74, 6) is 0.643. The van der Waals surface area contributed by atoms with Crippen LogP contribution >= 0.6 is 0 Å². The van der Waals surface area contributed by atoms with E-state index in [0.717, 1.165) is 5.56 Å². The summed E-state index contributed by atoms with van der Waals surface area (Å²) >= 11 is 0. The Kier molecular flexibility index (Phi) is 5.07. The predicted octanol–water partition coefficient (Wildman–Crippen LogP) is 3.35. The largest absolute Gasteiger partial charge is 0.481 e. The average molecular weight is 351 g/mol. The molecule has 0 fully saturated rings. The fourth-order valence-corrected chi connectivity index (χ4v) is 2.26. The van der Waals surface area contributed by atoms with Gasteiger partial charge in [-0.2, -0.15) is 0 Å². The van der Waals surface area contributed by atoms with Crippen molar-refractivity contribution in [3.63, 3.8) is 0 Å². The molecule has 0 unspecified atom stereocenters. The third-order valence-electron chi connectivity index (χ3n) is 3.70. The van der Waals surface area contributed by atoms with Crippen molar-refractivity contribution in [3.05, 3.63) is 60.5 Å². The molecule has 1 atom stereocenters. The molecule has 0 bridgehead atoms. The van der Waals surface area contributed by atoms with Crippen LogP contribution in [0.15, 0.2) is 59.3 Å². The molecular weight excluding hydrogens is 334 g/mol. The number of benzene rings is 2. The standard InChI is InChI=1S/C19H17N3O4/c1-12(23)14-3-7-16(8-4-14)21-18(24)13(2)26-17-9-5-15(6-10-17)19-22-20-11-25-19/h3-11,13H,1-2H3,(H,21,24)/t13-/m1/s1. The van der Waals surface area contributed by atoms with E-state index in [9.17, 15) is 9.59 Å². The van der Waals surface area contributed by atoms with E-state index in [-0.39, 0.29) is 11.7 Å². The van der Waals surface area contributed by atoms with Gasteiger partial charge in [0.15, 0.2) is 11.9 Å². The molecule has 0 saturated heterocycles. The molecule has 1 N–H and O–H groups in total. The molecule has 1 aromatic heterocycles. The monoisotopic (exact) mass is 351 g/mol. The minimum Gasteiger partial charge on any atom is -0.481 e. The number of ketones is 1. The smallest absolute Gasteiger partial charge is 0.265 e. The summed E-state index contributed by atoms with van der Waals surface area (Å²) in [5, 5.41) is 10.2. The lowest BCUT2D eigenvalue weighted by atomic mass is 10.1. The third kappa shape index (κ3) is 4.13. The Labute approximate surface area is 150 Å². The first-order chi connectivity index (χ1) is 12.5. The van der Waals surface area contributed by atoms with E-state index < -0.39 is 6.10 Å². The quantitative estimate of drug-likeness (QED) is 0.685. The van der Waals surface area contributed by atoms with Crippen molar-refractivity contribution in [2.75, 3.05) is 5.32 Å². The second-order valence-electron chi connectivity index (χ2n) is 5.65. The average Bonchev–Trinajstić information content (AvgIpc) is 3.17. The molecule has 0 aliphatic rings. The van der Waals surface area contributed by atoms with E-state index in [1.807, 2.05) is 0 Å². The Morgan fingerprint density at radius 3 is 2.35 bits per heavy atom. The van der Waals surface area contributed by atoms with Gasteiger partial charge >= 0.3 is 0 Å². The third-order valence-corrected chi connectivity index (χ3v) is 3.70. The van der Waals surface area contributed by atoms with Crippen LogP contribution < -0.4 is 10.1 Å². The molecule has 26 heavy (non-hydrogen) atoms. The van der Waals surface area contributed by atoms with E-state index in [4.69, 9.17) is 9.15 Å². The first-order valence-electron chi connectivity index (χ1n) is 7.98. The second-order valence-corrected chi connectivity index (χ2v) is 5.65. The van der Waals surface area contributed by atoms with Crippen LogP contribution in [0.1, 0.15) is 24.2 Å². The van der Waals surface area contributed by atoms with Crippen LogP contribution in [0.2, 0.25) is 0 Å². The molecule has 0 aliphatic carbocycles. The topological polar surface area (TPSA) is 94.3 Å². The highest BCUT2D eigenvalue weighted by Crippen LogP contribution is 2.21. The zero-order valence-electron chi connectivity index (χ0n) is 14.3. The lowest BCUT2D eigenvalue weighted by Gasteiger charge is -2.15. The SMILES string of the molecule is CC(=O)c1ccc(NC(=O)[C@@H](C)Oc2ccc(-c3nnco3)cc2)cc1. The summed E-state index contributed by atoms with van der Waals surface area (Å²) < 4.78 is 10.8. The Bertz CT molecular complexity index is 888. The normalized spacial score (nSPS) is 11.6. The number of nitrogens with zero attached hydrogens (tertiary/aromatic N) is 2. The van der Waals surface area contributed by atoms with Gasteiger partial charge in [-0.3, -0.25) is 9.59 Å². The number of nitrogens with one attached hydrogen (secondary N) is 1. The van der Waals surface area contributed by atoms with E-state index >= 15 is 0 Å². The maximum Gasteiger partial charge on any atom is 0.265 e. The number of Topliss-reactive ketones (excluding diaryl/α,β-unsaturated/α-hetero) is 1. The zero-order chi connectivity index (χ0) is 18.5. The van der Waals surface area contributed by atoms with Gasteiger partial charge in [0.05, 0.1) is 0 Å². The molecule has 3 rings (SSSR count). The number of carbonyl (C=O) groups excluding carboxylic acids is 2. The highest BCUT2D eigenvalue weighted by atomic mass is 16.5. The van der Waals surface area contributed by atoms with Gasteiger partial charge in [0.1, 0.15) is 5.75 Å². The van der Waals surface area contributed by atoms with Gasteiger partial charge in [0.25, 0.3) is 5.91 Å². The second kappa shape index (κ2) is 7.60. The van der Waals surface area contributed by atoms with Gasteiger partial charge in [-0.15, -0.1) is 10.2 Å². The van der Waals surface area contributed by atoms with Crippen molar-refractivity contribution in [3.8, 4) is 17.2 Å². The first-order valence-corrected chi connectivity index (χ1v) is 7.98. The predicted molar refractivity (Wildman–Crippen MR) is 94.9 cm³/mol. The number of anilines is 1. The molecule has 0 spiro atoms. The Morgan fingerprint density at radius 2 is 1.77 bits per heavy atom. The number of hydrogen-bond donors (Lipinski definition) is 1. The summed E-state index contributed by atoms with van der Waals surface area (Å²) in [5.41, 5.74) is 1.95. The summed E-state index contributed by atoms with van der Waals surface area (Å²) in [6.07, 6.45) is 0.562. The van der Waals surface area contributed by atoms with E-state index in [1.165, 1.54) is 13.3 Å². The maximum atomic E-state index is 12.3. The molecule has 132 valence electrons. The minimum absolute atomic E-state index is 0.0245. The molecule has 0 saturated carbocycles. The molecule has 0 radical (unpaired) electrons. The van der Waals surface area contributed by atoms with Crippen molar-refractivity contribution in [2.24, 2.45) is 0 Å². The van der Waals surface area contributed by atoms with Crippen LogP contribution in [0.25, 0.3) is 11.5 Å². The molecule has 7 nitrogen and oxygen atoms in total. The van der Waals surface area contributed by atoms with Crippen LogP contribution in [-0.2, 0) is 4.79 Å². The fraction of sp³-hybridized carbons (Fsp3) is 0.158. The molecule has 2 aromatic carbocycles. The molecule has 1 amide bonds. The molecule has 3 aromatic rings. The van der Waals surface area contributed by atoms with Crippen molar-refractivity contribution in [2.45, 2.75) is 20.0 Å². The summed E-state index contributed by atoms with van der Waals surface area (Å²) in [7, 11) is 0. The number of rotatable bonds is 6. The van der Waals surface area contributed by atoms with Crippen molar-refractivity contribution < 1.29 is 18.7 Å². The zero-order valence-corrected chi connectivity index (χ0v) is 14.3. The Hall–Kier alpha value is -3.48. The van der Waals surface area contributed by atoms with Gasteiger partial charge < -0.3 is 14.5 Å². The van der Waals surface area contributed by atoms with Crippen molar-refractivity contribution in [1.82, 2.24) is 10.2 Å². The summed E-state index contributed by atoms with van der Waals surface area (Å²) in [6.45, 7) is 3.15. The van der Waals surface area contributed by atoms with Crippen LogP contribution in [-0.4, -0.2) is 28.0 Å². The van der Waals surface area contributed by atoms with Gasteiger partial charge in [-0.25, -0.2) is 0 Å². The molecule has 7 heteroatoms. The summed E-state index contributed by atoms with van der Waals surface area (Å²) in [6, 6.07) is 13.7. The Balaban J connectivity index is 1.59. The minimum atomic E-state index is -0.697. The summed E-state index contributed by atoms with van der Waals surface area (Å²) in [4.78, 5) is 23.5. The van der Waals surface area contributed by atoms with Crippen LogP contribution in [0.3, 0.4) is 0 Å². The van der Waals surface area contributed by atoms with Gasteiger partial charge in [0.2, 0.25) is 12.3 Å². The van der Waals surface area contributed by atoms with E-state index in [2.05, 4.69) is 15.5 Å². The molecular formula is C19H17N3O4. The number of amides is 1. The molecule has 0 aliphatic heterocycles.